The van der Waals surface area contributed by atoms with Gasteiger partial charge in [0, 0.05) is 11.6 Å². The number of hydrogen-bond acceptors (Lipinski definition) is 0. The SMILES string of the molecule is Cc1ccc(C)c(-c2c3ccc([Si](c4ccccc4)(c4ccccc4)c4ccccc4)cc3cc[n+]2C)c1. The lowest BCUT2D eigenvalue weighted by molar-refractivity contribution is -0.659. The number of hydrogen-bond donors (Lipinski definition) is 0. The van der Waals surface area contributed by atoms with E-state index in [0.29, 0.717) is 0 Å². The van der Waals surface area contributed by atoms with Gasteiger partial charge in [-0.3, -0.25) is 0 Å². The molecule has 0 spiro atoms. The quantitative estimate of drug-likeness (QED) is 0.169. The molecule has 1 heterocycles. The largest absolute Gasteiger partial charge is 0.220 e. The molecule has 1 nitrogen and oxygen atoms in total. The average Bonchev–Trinajstić information content (AvgIpc) is 2.97. The predicted octanol–water partition coefficient (Wildman–Crippen LogP) is 5.33. The molecule has 38 heavy (non-hydrogen) atoms. The molecule has 0 radical (unpaired) electrons. The van der Waals surface area contributed by atoms with Gasteiger partial charge in [-0.05, 0) is 57.7 Å². The van der Waals surface area contributed by atoms with Gasteiger partial charge in [-0.25, -0.2) is 4.57 Å². The summed E-state index contributed by atoms with van der Waals surface area (Å²) in [5, 5.41) is 8.14. The van der Waals surface area contributed by atoms with Crippen LogP contribution in [0.25, 0.3) is 22.0 Å². The van der Waals surface area contributed by atoms with Crippen molar-refractivity contribution in [3.05, 3.63) is 151 Å². The first-order valence-electron chi connectivity index (χ1n) is 13.3. The smallest absolute Gasteiger partial charge is 0.200 e. The highest BCUT2D eigenvalue weighted by atomic mass is 28.3. The lowest BCUT2D eigenvalue weighted by Gasteiger charge is -2.34. The highest BCUT2D eigenvalue weighted by Crippen LogP contribution is 2.28. The Balaban J connectivity index is 1.69. The molecule has 184 valence electrons. The van der Waals surface area contributed by atoms with Crippen LogP contribution in [0.3, 0.4) is 0 Å². The molecule has 0 aliphatic carbocycles. The molecule has 0 aliphatic heterocycles. The molecule has 0 N–H and O–H groups in total. The summed E-state index contributed by atoms with van der Waals surface area (Å²) in [6, 6.07) is 49.6. The summed E-state index contributed by atoms with van der Waals surface area (Å²) >= 11 is 0. The van der Waals surface area contributed by atoms with Crippen LogP contribution in [0.1, 0.15) is 11.1 Å². The van der Waals surface area contributed by atoms with E-state index in [1.165, 1.54) is 53.9 Å². The Bertz CT molecular complexity index is 1630. The minimum absolute atomic E-state index is 1.27. The fraction of sp³-hybridized carbons (Fsp3) is 0.0833. The first-order valence-corrected chi connectivity index (χ1v) is 15.3. The summed E-state index contributed by atoms with van der Waals surface area (Å²) < 4.78 is 2.26. The van der Waals surface area contributed by atoms with E-state index in [2.05, 4.69) is 165 Å². The van der Waals surface area contributed by atoms with Crippen molar-refractivity contribution in [3.8, 4) is 11.3 Å². The molecule has 0 amide bonds. The minimum atomic E-state index is -2.55. The fourth-order valence-electron chi connectivity index (χ4n) is 6.00. The van der Waals surface area contributed by atoms with Crippen molar-refractivity contribution in [1.82, 2.24) is 0 Å². The molecule has 6 rings (SSSR count). The maximum absolute atomic E-state index is 2.55. The second-order valence-electron chi connectivity index (χ2n) is 10.2. The Labute approximate surface area is 226 Å². The molecule has 2 heteroatoms. The zero-order chi connectivity index (χ0) is 26.1. The molecule has 1 aromatic heterocycles. The fourth-order valence-corrected chi connectivity index (χ4v) is 10.8. The molecule has 0 atom stereocenters. The summed E-state index contributed by atoms with van der Waals surface area (Å²) in [5.74, 6) is 0. The summed E-state index contributed by atoms with van der Waals surface area (Å²) in [6.07, 6.45) is 2.21. The Morgan fingerprint density at radius 2 is 1.08 bits per heavy atom. The Hall–Kier alpha value is -4.27. The van der Waals surface area contributed by atoms with Crippen LogP contribution in [-0.4, -0.2) is 8.07 Å². The minimum Gasteiger partial charge on any atom is -0.200 e. The molecule has 6 aromatic rings. The van der Waals surface area contributed by atoms with Crippen molar-refractivity contribution in [2.75, 3.05) is 0 Å². The van der Waals surface area contributed by atoms with Crippen molar-refractivity contribution in [2.24, 2.45) is 7.05 Å². The van der Waals surface area contributed by atoms with Crippen molar-refractivity contribution in [3.63, 3.8) is 0 Å². The highest BCUT2D eigenvalue weighted by Gasteiger charge is 2.41. The van der Waals surface area contributed by atoms with Gasteiger partial charge in [-0.15, -0.1) is 0 Å². The van der Waals surface area contributed by atoms with E-state index in [0.717, 1.165) is 0 Å². The van der Waals surface area contributed by atoms with Crippen molar-refractivity contribution in [2.45, 2.75) is 13.8 Å². The van der Waals surface area contributed by atoms with Gasteiger partial charge in [-0.2, -0.15) is 0 Å². The summed E-state index contributed by atoms with van der Waals surface area (Å²) in [7, 11) is -0.400. The Morgan fingerprint density at radius 1 is 0.526 bits per heavy atom. The number of aryl methyl sites for hydroxylation is 3. The van der Waals surface area contributed by atoms with Crippen LogP contribution in [0, 0.1) is 13.8 Å². The van der Waals surface area contributed by atoms with Gasteiger partial charge >= 0.3 is 0 Å². The van der Waals surface area contributed by atoms with Gasteiger partial charge in [0.1, 0.15) is 7.05 Å². The monoisotopic (exact) mass is 506 g/mol. The number of aromatic nitrogens is 1. The molecule has 0 fully saturated rings. The highest BCUT2D eigenvalue weighted by molar-refractivity contribution is 7.20. The molecule has 5 aromatic carbocycles. The third-order valence-corrected chi connectivity index (χ3v) is 12.6. The number of fused-ring (bicyclic) bond motifs is 1. The van der Waals surface area contributed by atoms with E-state index in [-0.39, 0.29) is 0 Å². The third kappa shape index (κ3) is 3.98. The Morgan fingerprint density at radius 3 is 1.63 bits per heavy atom. The van der Waals surface area contributed by atoms with Gasteiger partial charge in [0.25, 0.3) is 0 Å². The van der Waals surface area contributed by atoms with Crippen LogP contribution in [0.15, 0.2) is 140 Å². The summed E-state index contributed by atoms with van der Waals surface area (Å²) in [6.45, 7) is 4.38. The molecule has 0 saturated carbocycles. The lowest BCUT2D eigenvalue weighted by Crippen LogP contribution is -2.74. The van der Waals surface area contributed by atoms with Gasteiger partial charge in [0.05, 0.1) is 5.39 Å². The lowest BCUT2D eigenvalue weighted by atomic mass is 9.98. The van der Waals surface area contributed by atoms with Crippen LogP contribution in [0.2, 0.25) is 0 Å². The average molecular weight is 507 g/mol. The van der Waals surface area contributed by atoms with Crippen molar-refractivity contribution < 1.29 is 4.57 Å². The maximum atomic E-state index is 2.46. The molecular formula is C36H32NSi+. The maximum Gasteiger partial charge on any atom is 0.220 e. The van der Waals surface area contributed by atoms with E-state index in [1.54, 1.807) is 0 Å². The van der Waals surface area contributed by atoms with E-state index < -0.39 is 8.07 Å². The van der Waals surface area contributed by atoms with Crippen LogP contribution in [0.4, 0.5) is 0 Å². The predicted molar refractivity (Wildman–Crippen MR) is 164 cm³/mol. The van der Waals surface area contributed by atoms with Crippen molar-refractivity contribution in [1.29, 1.82) is 0 Å². The van der Waals surface area contributed by atoms with Gasteiger partial charge in [-0.1, -0.05) is 121 Å². The first-order chi connectivity index (χ1) is 18.6. The summed E-state index contributed by atoms with van der Waals surface area (Å²) in [4.78, 5) is 0. The van der Waals surface area contributed by atoms with Gasteiger partial charge < -0.3 is 0 Å². The summed E-state index contributed by atoms with van der Waals surface area (Å²) in [5.41, 5.74) is 5.14. The topological polar surface area (TPSA) is 3.88 Å². The molecular weight excluding hydrogens is 474 g/mol. The normalized spacial score (nSPS) is 11.6. The molecule has 0 saturated heterocycles. The second kappa shape index (κ2) is 9.89. The Kier molecular flexibility index (Phi) is 6.27. The van der Waals surface area contributed by atoms with E-state index in [1.807, 2.05) is 0 Å². The molecule has 0 aliphatic rings. The van der Waals surface area contributed by atoms with Crippen LogP contribution in [0.5, 0.6) is 0 Å². The van der Waals surface area contributed by atoms with E-state index in [9.17, 15) is 0 Å². The van der Waals surface area contributed by atoms with Gasteiger partial charge in [0.15, 0.2) is 14.3 Å². The van der Waals surface area contributed by atoms with Crippen LogP contribution >= 0.6 is 0 Å². The third-order valence-electron chi connectivity index (χ3n) is 7.84. The number of nitrogens with zero attached hydrogens (tertiary/aromatic N) is 1. The zero-order valence-corrected chi connectivity index (χ0v) is 23.2. The molecule has 0 unspecified atom stereocenters. The number of benzene rings is 5. The first kappa shape index (κ1) is 24.1. The van der Waals surface area contributed by atoms with E-state index in [4.69, 9.17) is 0 Å². The van der Waals surface area contributed by atoms with Gasteiger partial charge in [0.2, 0.25) is 5.69 Å². The standard InChI is InChI=1S/C36H32NSi/c1-27-19-20-28(2)35(25-27)36-34-22-21-33(26-29(34)23-24-37(36)3)38(30-13-7-4-8-14-30,31-15-9-5-10-16-31)32-17-11-6-12-18-32/h4-26H,1-3H3/q+1. The van der Waals surface area contributed by atoms with Crippen molar-refractivity contribution >= 4 is 39.6 Å². The van der Waals surface area contributed by atoms with Crippen LogP contribution < -0.4 is 25.3 Å². The number of pyridine rings is 1. The molecule has 0 bridgehead atoms. The number of rotatable bonds is 5. The van der Waals surface area contributed by atoms with Crippen LogP contribution in [-0.2, 0) is 7.05 Å². The second-order valence-corrected chi connectivity index (χ2v) is 14.1. The van der Waals surface area contributed by atoms with E-state index >= 15 is 0 Å². The zero-order valence-electron chi connectivity index (χ0n) is 22.2.